The van der Waals surface area contributed by atoms with E-state index >= 15 is 0 Å². The summed E-state index contributed by atoms with van der Waals surface area (Å²) >= 11 is 6.67. The third kappa shape index (κ3) is 4.61. The number of hydrogen-bond donors (Lipinski definition) is 0. The fourth-order valence-electron chi connectivity index (χ4n) is 4.22. The number of ether oxygens (including phenoxy) is 1. The number of aromatic nitrogens is 2. The molecular weight excluding hydrogens is 472 g/mol. The Balaban J connectivity index is 1.73. The van der Waals surface area contributed by atoms with E-state index in [1.54, 1.807) is 36.2 Å². The van der Waals surface area contributed by atoms with Crippen molar-refractivity contribution in [1.29, 1.82) is 0 Å². The number of esters is 1. The molecule has 180 valence electrons. The summed E-state index contributed by atoms with van der Waals surface area (Å²) in [6.45, 7) is 7.25. The number of carbonyl (C=O) groups excluding carboxylic acids is 2. The molecule has 2 aliphatic rings. The van der Waals surface area contributed by atoms with Gasteiger partial charge in [0.2, 0.25) is 0 Å². The van der Waals surface area contributed by atoms with Gasteiger partial charge in [0, 0.05) is 25.3 Å². The number of thiocarbonyl (C=S) groups is 1. The third-order valence-corrected chi connectivity index (χ3v) is 7.62. The maximum atomic E-state index is 13.5. The highest BCUT2D eigenvalue weighted by atomic mass is 32.2. The van der Waals surface area contributed by atoms with Crippen molar-refractivity contribution in [2.75, 3.05) is 24.6 Å². The van der Waals surface area contributed by atoms with E-state index in [-0.39, 0.29) is 29.4 Å². The van der Waals surface area contributed by atoms with Gasteiger partial charge < -0.3 is 9.64 Å². The number of piperidine rings is 1. The van der Waals surface area contributed by atoms with E-state index in [1.807, 2.05) is 24.8 Å². The molecule has 4 heterocycles. The van der Waals surface area contributed by atoms with Crippen molar-refractivity contribution in [2.45, 2.75) is 46.1 Å². The average Bonchev–Trinajstić information content (AvgIpc) is 3.13. The fraction of sp³-hybridized carbons (Fsp3) is 0.458. The van der Waals surface area contributed by atoms with Gasteiger partial charge in [-0.25, -0.2) is 4.98 Å². The number of anilines is 1. The van der Waals surface area contributed by atoms with E-state index in [4.69, 9.17) is 21.9 Å². The molecule has 0 N–H and O–H groups in total. The summed E-state index contributed by atoms with van der Waals surface area (Å²) in [7, 11) is 0. The lowest BCUT2D eigenvalue weighted by Gasteiger charge is -2.32. The number of hydrogen-bond acceptors (Lipinski definition) is 8. The van der Waals surface area contributed by atoms with E-state index in [0.29, 0.717) is 58.8 Å². The van der Waals surface area contributed by atoms with Gasteiger partial charge in [-0.3, -0.25) is 23.7 Å². The summed E-state index contributed by atoms with van der Waals surface area (Å²) in [5.74, 6) is -0.00295. The van der Waals surface area contributed by atoms with Crippen molar-refractivity contribution < 1.29 is 14.3 Å². The van der Waals surface area contributed by atoms with E-state index < -0.39 is 0 Å². The Kier molecular flexibility index (Phi) is 7.37. The van der Waals surface area contributed by atoms with Gasteiger partial charge in [0.05, 0.1) is 23.0 Å². The first-order valence-electron chi connectivity index (χ1n) is 11.6. The van der Waals surface area contributed by atoms with Crippen LogP contribution in [0.15, 0.2) is 34.1 Å². The molecule has 0 aliphatic carbocycles. The molecule has 0 spiro atoms. The molecular formula is C24H28N4O4S2. The topological polar surface area (TPSA) is 84.2 Å². The molecule has 2 saturated heterocycles. The van der Waals surface area contributed by atoms with Crippen LogP contribution in [0.4, 0.5) is 5.82 Å². The SMILES string of the molecule is CCOC(=O)C1CCN(c2nc3ccccn3c(=O)c2/C=C2\SC(=S)N(C(C)CC)C2=O)CC1. The minimum atomic E-state index is -0.248. The van der Waals surface area contributed by atoms with Crippen LogP contribution in [-0.4, -0.2) is 56.2 Å². The Bertz CT molecular complexity index is 1220. The Hall–Kier alpha value is -2.72. The Labute approximate surface area is 208 Å². The van der Waals surface area contributed by atoms with Gasteiger partial charge in [0.25, 0.3) is 11.5 Å². The van der Waals surface area contributed by atoms with E-state index in [0.717, 1.165) is 6.42 Å². The van der Waals surface area contributed by atoms with E-state index in [9.17, 15) is 14.4 Å². The lowest BCUT2D eigenvalue weighted by atomic mass is 9.96. The van der Waals surface area contributed by atoms with Crippen LogP contribution in [0.5, 0.6) is 0 Å². The Morgan fingerprint density at radius 2 is 2.03 bits per heavy atom. The Morgan fingerprint density at radius 3 is 2.71 bits per heavy atom. The largest absolute Gasteiger partial charge is 0.466 e. The quantitative estimate of drug-likeness (QED) is 0.339. The lowest BCUT2D eigenvalue weighted by Crippen LogP contribution is -2.39. The summed E-state index contributed by atoms with van der Waals surface area (Å²) < 4.78 is 7.16. The molecule has 2 aromatic rings. The maximum absolute atomic E-state index is 13.5. The molecule has 0 bridgehead atoms. The number of thioether (sulfide) groups is 1. The molecule has 2 fully saturated rings. The van der Waals surface area contributed by atoms with Gasteiger partial charge in [-0.1, -0.05) is 37.0 Å². The number of nitrogens with zero attached hydrogens (tertiary/aromatic N) is 4. The molecule has 4 rings (SSSR count). The molecule has 10 heteroatoms. The van der Waals surface area contributed by atoms with Crippen molar-refractivity contribution in [2.24, 2.45) is 5.92 Å². The van der Waals surface area contributed by atoms with Gasteiger partial charge in [0.15, 0.2) is 0 Å². The van der Waals surface area contributed by atoms with Crippen molar-refractivity contribution in [3.8, 4) is 0 Å². The maximum Gasteiger partial charge on any atom is 0.309 e. The van der Waals surface area contributed by atoms with Crippen LogP contribution in [0.1, 0.15) is 45.6 Å². The number of fused-ring (bicyclic) bond motifs is 1. The summed E-state index contributed by atoms with van der Waals surface area (Å²) in [5, 5.41) is 0. The minimum absolute atomic E-state index is 0.0180. The van der Waals surface area contributed by atoms with Crippen molar-refractivity contribution in [3.05, 3.63) is 45.2 Å². The molecule has 1 amide bonds. The van der Waals surface area contributed by atoms with Gasteiger partial charge in [-0.2, -0.15) is 0 Å². The van der Waals surface area contributed by atoms with Gasteiger partial charge >= 0.3 is 5.97 Å². The first-order valence-corrected chi connectivity index (χ1v) is 12.8. The first-order chi connectivity index (χ1) is 16.3. The van der Waals surface area contributed by atoms with E-state index in [1.165, 1.54) is 16.2 Å². The smallest absolute Gasteiger partial charge is 0.309 e. The predicted molar refractivity (Wildman–Crippen MR) is 138 cm³/mol. The molecule has 8 nitrogen and oxygen atoms in total. The number of rotatable bonds is 6. The van der Waals surface area contributed by atoms with Crippen LogP contribution in [0.2, 0.25) is 0 Å². The van der Waals surface area contributed by atoms with Crippen LogP contribution in [-0.2, 0) is 14.3 Å². The van der Waals surface area contributed by atoms with Gasteiger partial charge in [0.1, 0.15) is 15.8 Å². The second-order valence-electron chi connectivity index (χ2n) is 8.41. The molecule has 2 aliphatic heterocycles. The second-order valence-corrected chi connectivity index (χ2v) is 10.1. The van der Waals surface area contributed by atoms with Crippen LogP contribution in [0, 0.1) is 5.92 Å². The average molecular weight is 501 g/mol. The van der Waals surface area contributed by atoms with Crippen LogP contribution in [0.3, 0.4) is 0 Å². The van der Waals surface area contributed by atoms with Gasteiger partial charge in [-0.15, -0.1) is 0 Å². The summed E-state index contributed by atoms with van der Waals surface area (Å²) in [6, 6.07) is 5.36. The number of carbonyl (C=O) groups is 2. The first kappa shape index (κ1) is 24.4. The number of amides is 1. The van der Waals surface area contributed by atoms with Crippen molar-refractivity contribution in [3.63, 3.8) is 0 Å². The molecule has 34 heavy (non-hydrogen) atoms. The van der Waals surface area contributed by atoms with Crippen LogP contribution < -0.4 is 10.5 Å². The second kappa shape index (κ2) is 10.3. The van der Waals surface area contributed by atoms with Crippen LogP contribution in [0.25, 0.3) is 11.7 Å². The molecule has 0 aromatic carbocycles. The zero-order chi connectivity index (χ0) is 24.4. The highest BCUT2D eigenvalue weighted by Gasteiger charge is 2.36. The highest BCUT2D eigenvalue weighted by Crippen LogP contribution is 2.35. The molecule has 0 radical (unpaired) electrons. The van der Waals surface area contributed by atoms with Crippen LogP contribution >= 0.6 is 24.0 Å². The van der Waals surface area contributed by atoms with Gasteiger partial charge in [-0.05, 0) is 51.3 Å². The standard InChI is InChI=1S/C24H28N4O4S2/c1-4-15(3)28-22(30)18(34-24(28)33)14-17-20(25-19-8-6-7-11-27(19)21(17)29)26-12-9-16(10-13-26)23(31)32-5-2/h6-8,11,14-16H,4-5,9-10,12-13H2,1-3H3/b18-14-. The predicted octanol–water partition coefficient (Wildman–Crippen LogP) is 3.47. The third-order valence-electron chi connectivity index (χ3n) is 6.29. The van der Waals surface area contributed by atoms with E-state index in [2.05, 4.69) is 0 Å². The minimum Gasteiger partial charge on any atom is -0.466 e. The highest BCUT2D eigenvalue weighted by molar-refractivity contribution is 8.26. The normalized spacial score (nSPS) is 19.3. The molecule has 2 aromatic heterocycles. The molecule has 0 saturated carbocycles. The zero-order valence-corrected chi connectivity index (χ0v) is 21.2. The Morgan fingerprint density at radius 1 is 1.29 bits per heavy atom. The van der Waals surface area contributed by atoms with Crippen molar-refractivity contribution >= 4 is 57.7 Å². The monoisotopic (exact) mass is 500 g/mol. The summed E-state index contributed by atoms with van der Waals surface area (Å²) in [4.78, 5) is 47.6. The summed E-state index contributed by atoms with van der Waals surface area (Å²) in [6.07, 6.45) is 5.31. The van der Waals surface area contributed by atoms with Crippen molar-refractivity contribution in [1.82, 2.24) is 14.3 Å². The zero-order valence-electron chi connectivity index (χ0n) is 19.5. The molecule has 1 atom stereocenters. The summed E-state index contributed by atoms with van der Waals surface area (Å²) in [5.41, 5.74) is 0.629. The lowest BCUT2D eigenvalue weighted by molar-refractivity contribution is -0.148. The number of pyridine rings is 1. The molecule has 1 unspecified atom stereocenters. The fourth-order valence-corrected chi connectivity index (χ4v) is 5.66.